The molecule has 3 rings (SSSR count). The standard InChI is InChI=1S/C14H13N3O2S/c18-13(15-7-3-4-10-8-16-19-9-10)14-17-11-5-1-2-6-12(11)20-14/h1-2,5-6,8-9H,3-4,7H2,(H,15,18). The lowest BCUT2D eigenvalue weighted by Gasteiger charge is -2.01. The SMILES string of the molecule is O=C(NCCCc1cnoc1)c1nc2ccccc2s1. The van der Waals surface area contributed by atoms with Crippen LogP contribution in [0.3, 0.4) is 0 Å². The number of thiazole rings is 1. The molecule has 0 aliphatic heterocycles. The number of benzene rings is 1. The van der Waals surface area contributed by atoms with Gasteiger partial charge in [-0.05, 0) is 25.0 Å². The van der Waals surface area contributed by atoms with Crippen molar-refractivity contribution in [1.82, 2.24) is 15.5 Å². The van der Waals surface area contributed by atoms with Crippen LogP contribution >= 0.6 is 11.3 Å². The summed E-state index contributed by atoms with van der Waals surface area (Å²) >= 11 is 1.41. The molecule has 0 spiro atoms. The van der Waals surface area contributed by atoms with E-state index in [1.165, 1.54) is 11.3 Å². The Labute approximate surface area is 119 Å². The third-order valence-corrected chi connectivity index (χ3v) is 3.93. The summed E-state index contributed by atoms with van der Waals surface area (Å²) in [5.74, 6) is -0.114. The van der Waals surface area contributed by atoms with E-state index in [0.717, 1.165) is 28.6 Å². The fourth-order valence-electron chi connectivity index (χ4n) is 1.89. The van der Waals surface area contributed by atoms with Gasteiger partial charge in [0, 0.05) is 12.1 Å². The molecule has 2 aromatic heterocycles. The first-order valence-electron chi connectivity index (χ1n) is 6.35. The maximum absolute atomic E-state index is 12.0. The molecule has 5 nitrogen and oxygen atoms in total. The molecule has 0 saturated heterocycles. The summed E-state index contributed by atoms with van der Waals surface area (Å²) < 4.78 is 5.78. The second-order valence-corrected chi connectivity index (χ2v) is 5.41. The van der Waals surface area contributed by atoms with E-state index >= 15 is 0 Å². The molecule has 0 saturated carbocycles. The van der Waals surface area contributed by atoms with Crippen LogP contribution in [0.2, 0.25) is 0 Å². The van der Waals surface area contributed by atoms with Crippen LogP contribution in [0, 0.1) is 0 Å². The minimum absolute atomic E-state index is 0.114. The summed E-state index contributed by atoms with van der Waals surface area (Å²) in [6.45, 7) is 0.611. The molecule has 0 fully saturated rings. The third kappa shape index (κ3) is 2.85. The normalized spacial score (nSPS) is 10.8. The first-order chi connectivity index (χ1) is 9.83. The molecule has 6 heteroatoms. The van der Waals surface area contributed by atoms with Crippen LogP contribution in [0.5, 0.6) is 0 Å². The van der Waals surface area contributed by atoms with Gasteiger partial charge in [0.05, 0.1) is 16.4 Å². The number of nitrogens with one attached hydrogen (secondary N) is 1. The van der Waals surface area contributed by atoms with E-state index in [9.17, 15) is 4.79 Å². The first-order valence-corrected chi connectivity index (χ1v) is 7.16. The van der Waals surface area contributed by atoms with Crippen molar-refractivity contribution < 1.29 is 9.32 Å². The van der Waals surface area contributed by atoms with Gasteiger partial charge < -0.3 is 9.84 Å². The van der Waals surface area contributed by atoms with Crippen molar-refractivity contribution in [2.24, 2.45) is 0 Å². The van der Waals surface area contributed by atoms with Crippen LogP contribution in [0.25, 0.3) is 10.2 Å². The predicted octanol–water partition coefficient (Wildman–Crippen LogP) is 2.65. The summed E-state index contributed by atoms with van der Waals surface area (Å²) in [5, 5.41) is 7.03. The second-order valence-electron chi connectivity index (χ2n) is 4.38. The van der Waals surface area contributed by atoms with Crippen LogP contribution in [-0.4, -0.2) is 22.6 Å². The highest BCUT2D eigenvalue weighted by Gasteiger charge is 2.11. The lowest BCUT2D eigenvalue weighted by Crippen LogP contribution is -2.24. The van der Waals surface area contributed by atoms with Crippen LogP contribution in [-0.2, 0) is 6.42 Å². The molecular formula is C14H13N3O2S. The van der Waals surface area contributed by atoms with Crippen LogP contribution in [0.15, 0.2) is 41.2 Å². The molecule has 1 amide bonds. The van der Waals surface area contributed by atoms with Crippen molar-refractivity contribution in [2.45, 2.75) is 12.8 Å². The number of hydrogen-bond donors (Lipinski definition) is 1. The molecule has 0 atom stereocenters. The number of aromatic nitrogens is 2. The highest BCUT2D eigenvalue weighted by Crippen LogP contribution is 2.21. The minimum atomic E-state index is -0.114. The Balaban J connectivity index is 1.53. The van der Waals surface area contributed by atoms with Crippen molar-refractivity contribution in [2.75, 3.05) is 6.54 Å². The third-order valence-electron chi connectivity index (χ3n) is 2.90. The van der Waals surface area contributed by atoms with Gasteiger partial charge in [-0.3, -0.25) is 4.79 Å². The molecule has 1 aromatic carbocycles. The Bertz CT molecular complexity index is 673. The number of para-hydroxylation sites is 1. The van der Waals surface area contributed by atoms with Gasteiger partial charge in [0.25, 0.3) is 5.91 Å². The molecule has 3 aromatic rings. The topological polar surface area (TPSA) is 68.0 Å². The fraction of sp³-hybridized carbons (Fsp3) is 0.214. The Morgan fingerprint density at radius 2 is 2.25 bits per heavy atom. The van der Waals surface area contributed by atoms with Gasteiger partial charge in [-0.2, -0.15) is 0 Å². The second kappa shape index (κ2) is 5.83. The number of fused-ring (bicyclic) bond motifs is 1. The van der Waals surface area contributed by atoms with E-state index in [4.69, 9.17) is 4.52 Å². The molecule has 102 valence electrons. The molecule has 0 bridgehead atoms. The zero-order chi connectivity index (χ0) is 13.8. The van der Waals surface area contributed by atoms with Crippen molar-refractivity contribution >= 4 is 27.5 Å². The van der Waals surface area contributed by atoms with E-state index < -0.39 is 0 Å². The summed E-state index contributed by atoms with van der Waals surface area (Å²) in [6, 6.07) is 7.74. The summed E-state index contributed by atoms with van der Waals surface area (Å²) in [5.41, 5.74) is 1.91. The van der Waals surface area contributed by atoms with Crippen molar-refractivity contribution in [3.05, 3.63) is 47.3 Å². The summed E-state index contributed by atoms with van der Waals surface area (Å²) in [4.78, 5) is 16.3. The number of nitrogens with zero attached hydrogens (tertiary/aromatic N) is 2. The average Bonchev–Trinajstić information content (AvgIpc) is 3.12. The first kappa shape index (κ1) is 12.8. The smallest absolute Gasteiger partial charge is 0.280 e. The van der Waals surface area contributed by atoms with E-state index in [0.29, 0.717) is 11.6 Å². The van der Waals surface area contributed by atoms with Crippen LogP contribution in [0.4, 0.5) is 0 Å². The average molecular weight is 287 g/mol. The highest BCUT2D eigenvalue weighted by molar-refractivity contribution is 7.20. The molecule has 1 N–H and O–H groups in total. The van der Waals surface area contributed by atoms with Gasteiger partial charge in [-0.1, -0.05) is 17.3 Å². The van der Waals surface area contributed by atoms with Crippen molar-refractivity contribution in [1.29, 1.82) is 0 Å². The van der Waals surface area contributed by atoms with Crippen molar-refractivity contribution in [3.8, 4) is 0 Å². The molecule has 20 heavy (non-hydrogen) atoms. The number of aryl methyl sites for hydroxylation is 1. The lowest BCUT2D eigenvalue weighted by molar-refractivity contribution is 0.0953. The van der Waals surface area contributed by atoms with Gasteiger partial charge >= 0.3 is 0 Å². The van der Waals surface area contributed by atoms with Gasteiger partial charge in [0.1, 0.15) is 6.26 Å². The van der Waals surface area contributed by atoms with Crippen LogP contribution in [0.1, 0.15) is 21.8 Å². The molecule has 0 aliphatic carbocycles. The van der Waals surface area contributed by atoms with Gasteiger partial charge in [0.15, 0.2) is 5.01 Å². The van der Waals surface area contributed by atoms with Gasteiger partial charge in [-0.15, -0.1) is 11.3 Å². The Kier molecular flexibility index (Phi) is 3.73. The van der Waals surface area contributed by atoms with Gasteiger partial charge in [-0.25, -0.2) is 4.98 Å². The molecule has 0 unspecified atom stereocenters. The number of carbonyl (C=O) groups is 1. The number of carbonyl (C=O) groups excluding carboxylic acids is 1. The van der Waals surface area contributed by atoms with E-state index in [1.807, 2.05) is 24.3 Å². The summed E-state index contributed by atoms with van der Waals surface area (Å²) in [6.07, 6.45) is 4.99. The monoisotopic (exact) mass is 287 g/mol. The maximum atomic E-state index is 12.0. The highest BCUT2D eigenvalue weighted by atomic mass is 32.1. The fourth-order valence-corrected chi connectivity index (χ4v) is 2.77. The Morgan fingerprint density at radius 3 is 3.05 bits per heavy atom. The molecule has 0 aliphatic rings. The molecular weight excluding hydrogens is 274 g/mol. The zero-order valence-electron chi connectivity index (χ0n) is 10.7. The predicted molar refractivity (Wildman–Crippen MR) is 76.8 cm³/mol. The largest absolute Gasteiger partial charge is 0.364 e. The number of hydrogen-bond acceptors (Lipinski definition) is 5. The number of amides is 1. The number of rotatable bonds is 5. The maximum Gasteiger partial charge on any atom is 0.280 e. The minimum Gasteiger partial charge on any atom is -0.364 e. The quantitative estimate of drug-likeness (QED) is 0.732. The van der Waals surface area contributed by atoms with Crippen LogP contribution < -0.4 is 5.32 Å². The zero-order valence-corrected chi connectivity index (χ0v) is 11.5. The Morgan fingerprint density at radius 1 is 1.35 bits per heavy atom. The molecule has 0 radical (unpaired) electrons. The van der Waals surface area contributed by atoms with E-state index in [-0.39, 0.29) is 5.91 Å². The lowest BCUT2D eigenvalue weighted by atomic mass is 10.2. The molecule has 2 heterocycles. The van der Waals surface area contributed by atoms with E-state index in [2.05, 4.69) is 15.5 Å². The summed E-state index contributed by atoms with van der Waals surface area (Å²) in [7, 11) is 0. The van der Waals surface area contributed by atoms with E-state index in [1.54, 1.807) is 12.5 Å². The van der Waals surface area contributed by atoms with Gasteiger partial charge in [0.2, 0.25) is 0 Å². The Hall–Kier alpha value is -2.21. The van der Waals surface area contributed by atoms with Crippen molar-refractivity contribution in [3.63, 3.8) is 0 Å².